The van der Waals surface area contributed by atoms with Gasteiger partial charge < -0.3 is 13.8 Å². The van der Waals surface area contributed by atoms with Gasteiger partial charge in [0.25, 0.3) is 0 Å². The third-order valence-electron chi connectivity index (χ3n) is 3.46. The minimum Gasteiger partial charge on any atom is -0.373 e. The number of hydrogen-bond acceptors (Lipinski definition) is 4. The molecule has 0 amide bonds. The van der Waals surface area contributed by atoms with Gasteiger partial charge in [-0.05, 0) is 32.3 Å². The maximum atomic E-state index is 12.5. The van der Waals surface area contributed by atoms with Crippen molar-refractivity contribution in [3.8, 4) is 0 Å². The van der Waals surface area contributed by atoms with E-state index < -0.39 is 7.60 Å². The lowest BCUT2D eigenvalue weighted by molar-refractivity contribution is -0.0123. The molecule has 1 aliphatic carbocycles. The summed E-state index contributed by atoms with van der Waals surface area (Å²) in [6.45, 7) is 5.12. The van der Waals surface area contributed by atoms with Crippen LogP contribution < -0.4 is 0 Å². The Hall–Kier alpha value is -0.670. The molecule has 0 unspecified atom stereocenters. The van der Waals surface area contributed by atoms with Gasteiger partial charge in [0.15, 0.2) is 0 Å². The molecule has 0 saturated heterocycles. The molecule has 2 rings (SSSR count). The van der Waals surface area contributed by atoms with Crippen LogP contribution in [0.3, 0.4) is 0 Å². The van der Waals surface area contributed by atoms with Crippen molar-refractivity contribution in [2.75, 3.05) is 13.2 Å². The predicted octanol–water partition coefficient (Wildman–Crippen LogP) is 4.00. The van der Waals surface area contributed by atoms with E-state index in [4.69, 9.17) is 13.8 Å². The van der Waals surface area contributed by atoms with E-state index in [9.17, 15) is 4.57 Å². The van der Waals surface area contributed by atoms with E-state index in [1.165, 1.54) is 0 Å². The van der Waals surface area contributed by atoms with E-state index in [2.05, 4.69) is 0 Å². The summed E-state index contributed by atoms with van der Waals surface area (Å²) < 4.78 is 29.1. The molecular weight excluding hydrogens is 275 g/mol. The van der Waals surface area contributed by atoms with Crippen molar-refractivity contribution in [3.05, 3.63) is 35.9 Å². The summed E-state index contributed by atoms with van der Waals surface area (Å²) in [7, 11) is -2.94. The summed E-state index contributed by atoms with van der Waals surface area (Å²) in [5, 5.41) is 0. The van der Waals surface area contributed by atoms with Crippen molar-refractivity contribution in [2.45, 2.75) is 45.1 Å². The van der Waals surface area contributed by atoms with Crippen LogP contribution in [0.1, 0.15) is 32.3 Å². The molecule has 0 N–H and O–H groups in total. The first-order chi connectivity index (χ1) is 9.68. The number of hydrogen-bond donors (Lipinski definition) is 0. The van der Waals surface area contributed by atoms with Crippen molar-refractivity contribution in [1.82, 2.24) is 0 Å². The maximum absolute atomic E-state index is 12.5. The molecule has 20 heavy (non-hydrogen) atoms. The predicted molar refractivity (Wildman–Crippen MR) is 78.9 cm³/mol. The maximum Gasteiger partial charge on any atom is 0.333 e. The topological polar surface area (TPSA) is 44.8 Å². The molecule has 0 atom stereocenters. The minimum absolute atomic E-state index is 0.0110. The highest BCUT2D eigenvalue weighted by atomic mass is 31.2. The molecule has 112 valence electrons. The Labute approximate surface area is 121 Å². The quantitative estimate of drug-likeness (QED) is 0.680. The molecule has 1 aliphatic rings. The molecule has 0 spiro atoms. The Morgan fingerprint density at radius 1 is 1.10 bits per heavy atom. The zero-order valence-corrected chi connectivity index (χ0v) is 13.1. The van der Waals surface area contributed by atoms with Crippen LogP contribution in [0.4, 0.5) is 0 Å². The van der Waals surface area contributed by atoms with Crippen LogP contribution in [0.2, 0.25) is 0 Å². The van der Waals surface area contributed by atoms with Crippen LogP contribution in [0.5, 0.6) is 0 Å². The summed E-state index contributed by atoms with van der Waals surface area (Å²) in [4.78, 5) is 0. The van der Waals surface area contributed by atoms with Gasteiger partial charge in [-0.1, -0.05) is 30.3 Å². The van der Waals surface area contributed by atoms with Gasteiger partial charge in [0.05, 0.1) is 31.6 Å². The molecule has 1 aromatic carbocycles. The lowest BCUT2D eigenvalue weighted by Gasteiger charge is -2.38. The zero-order valence-electron chi connectivity index (χ0n) is 12.2. The van der Waals surface area contributed by atoms with Crippen LogP contribution in [0.25, 0.3) is 0 Å². The summed E-state index contributed by atoms with van der Waals surface area (Å²) in [6.07, 6.45) is 1.67. The second-order valence-corrected chi connectivity index (χ2v) is 7.25. The van der Waals surface area contributed by atoms with E-state index in [-0.39, 0.29) is 11.8 Å². The van der Waals surface area contributed by atoms with Crippen LogP contribution in [0, 0.1) is 0 Å². The van der Waals surface area contributed by atoms with Crippen molar-refractivity contribution < 1.29 is 18.3 Å². The second-order valence-electron chi connectivity index (χ2n) is 4.92. The van der Waals surface area contributed by atoms with Gasteiger partial charge in [-0.3, -0.25) is 4.57 Å². The summed E-state index contributed by atoms with van der Waals surface area (Å²) in [5.41, 5.74) is 1.15. The molecule has 1 saturated carbocycles. The molecule has 0 radical (unpaired) electrons. The third kappa shape index (κ3) is 3.92. The fraction of sp³-hybridized carbons (Fsp3) is 0.600. The van der Waals surface area contributed by atoms with Crippen molar-refractivity contribution >= 4 is 7.60 Å². The van der Waals surface area contributed by atoms with Crippen molar-refractivity contribution in [3.63, 3.8) is 0 Å². The van der Waals surface area contributed by atoms with Crippen LogP contribution in [0.15, 0.2) is 30.3 Å². The van der Waals surface area contributed by atoms with E-state index in [1.807, 2.05) is 44.2 Å². The number of benzene rings is 1. The Kier molecular flexibility index (Phi) is 5.79. The zero-order chi connectivity index (χ0) is 14.4. The highest BCUT2D eigenvalue weighted by molar-refractivity contribution is 7.54. The van der Waals surface area contributed by atoms with E-state index in [0.29, 0.717) is 19.8 Å². The van der Waals surface area contributed by atoms with E-state index in [0.717, 1.165) is 18.4 Å². The molecule has 1 fully saturated rings. The lowest BCUT2D eigenvalue weighted by Crippen LogP contribution is -2.36. The normalized spacial score (nSPS) is 22.5. The number of ether oxygens (including phenoxy) is 1. The Morgan fingerprint density at radius 3 is 2.25 bits per heavy atom. The van der Waals surface area contributed by atoms with Crippen molar-refractivity contribution in [1.29, 1.82) is 0 Å². The first-order valence-corrected chi connectivity index (χ1v) is 8.83. The summed E-state index contributed by atoms with van der Waals surface area (Å²) >= 11 is 0. The largest absolute Gasteiger partial charge is 0.373 e. The highest BCUT2D eigenvalue weighted by Gasteiger charge is 2.45. The fourth-order valence-corrected chi connectivity index (χ4v) is 4.53. The van der Waals surface area contributed by atoms with Gasteiger partial charge in [-0.15, -0.1) is 0 Å². The molecule has 5 heteroatoms. The van der Waals surface area contributed by atoms with Crippen molar-refractivity contribution in [2.24, 2.45) is 0 Å². The fourth-order valence-electron chi connectivity index (χ4n) is 2.33. The molecule has 0 bridgehead atoms. The highest BCUT2D eigenvalue weighted by Crippen LogP contribution is 2.60. The Morgan fingerprint density at radius 2 is 1.70 bits per heavy atom. The molecule has 0 aliphatic heterocycles. The number of rotatable bonds is 8. The van der Waals surface area contributed by atoms with Crippen LogP contribution >= 0.6 is 7.60 Å². The van der Waals surface area contributed by atoms with Crippen LogP contribution in [-0.4, -0.2) is 25.0 Å². The SMILES string of the molecule is CCOP(=O)(OCC)C1CC(OCc2ccccc2)C1. The first-order valence-electron chi connectivity index (χ1n) is 7.22. The van der Waals surface area contributed by atoms with E-state index >= 15 is 0 Å². The Balaban J connectivity index is 1.77. The summed E-state index contributed by atoms with van der Waals surface area (Å²) in [6, 6.07) is 10.1. The molecular formula is C15H23O4P. The lowest BCUT2D eigenvalue weighted by atomic mass is 9.95. The smallest absolute Gasteiger partial charge is 0.333 e. The minimum atomic E-state index is -2.94. The molecule has 0 aromatic heterocycles. The van der Waals surface area contributed by atoms with Crippen LogP contribution in [-0.2, 0) is 25.0 Å². The van der Waals surface area contributed by atoms with Gasteiger partial charge >= 0.3 is 7.60 Å². The first kappa shape index (κ1) is 15.7. The van der Waals surface area contributed by atoms with Gasteiger partial charge in [0.2, 0.25) is 0 Å². The van der Waals surface area contributed by atoms with Gasteiger partial charge in [0, 0.05) is 0 Å². The molecule has 0 heterocycles. The van der Waals surface area contributed by atoms with Gasteiger partial charge in [-0.25, -0.2) is 0 Å². The Bertz CT molecular complexity index is 432. The van der Waals surface area contributed by atoms with Gasteiger partial charge in [-0.2, -0.15) is 0 Å². The average Bonchev–Trinajstić information content (AvgIpc) is 2.38. The third-order valence-corrected chi connectivity index (χ3v) is 6.02. The van der Waals surface area contributed by atoms with E-state index in [1.54, 1.807) is 0 Å². The standard InChI is InChI=1S/C15H23O4P/c1-3-18-20(16,19-4-2)15-10-14(11-15)17-12-13-8-6-5-7-9-13/h5-9,14-15H,3-4,10-12H2,1-2H3. The molecule has 4 nitrogen and oxygen atoms in total. The monoisotopic (exact) mass is 298 g/mol. The summed E-state index contributed by atoms with van der Waals surface area (Å²) in [5.74, 6) is 0. The second kappa shape index (κ2) is 7.37. The average molecular weight is 298 g/mol. The molecule has 1 aromatic rings. The van der Waals surface area contributed by atoms with Gasteiger partial charge in [0.1, 0.15) is 0 Å².